The van der Waals surface area contributed by atoms with Gasteiger partial charge in [0.1, 0.15) is 5.75 Å². The molecule has 0 aliphatic carbocycles. The van der Waals surface area contributed by atoms with Gasteiger partial charge in [0, 0.05) is 24.6 Å². The fraction of sp³-hybridized carbons (Fsp3) is 0.471. The molecule has 0 bridgehead atoms. The lowest BCUT2D eigenvalue weighted by Gasteiger charge is -2.07. The third-order valence-corrected chi connectivity index (χ3v) is 4.43. The molecule has 0 aliphatic rings. The van der Waals surface area contributed by atoms with Gasteiger partial charge in [-0.25, -0.2) is 9.78 Å². The van der Waals surface area contributed by atoms with E-state index in [-0.39, 0.29) is 11.8 Å². The van der Waals surface area contributed by atoms with Gasteiger partial charge in [-0.3, -0.25) is 10.1 Å². The van der Waals surface area contributed by atoms with Crippen molar-refractivity contribution >= 4 is 38.5 Å². The van der Waals surface area contributed by atoms with Crippen LogP contribution in [0.5, 0.6) is 5.75 Å². The van der Waals surface area contributed by atoms with Crippen molar-refractivity contribution in [2.45, 2.75) is 40.0 Å². The molecule has 1 aromatic heterocycles. The number of unbranched alkanes of at least 4 members (excludes halogenated alkanes) is 1. The third-order valence-electron chi connectivity index (χ3n) is 3.41. The minimum atomic E-state index is -0.306. The first-order chi connectivity index (χ1) is 11.6. The largest absolute Gasteiger partial charge is 0.493 e. The Hall–Kier alpha value is -2.15. The number of rotatable bonds is 8. The first kappa shape index (κ1) is 18.2. The van der Waals surface area contributed by atoms with E-state index < -0.39 is 0 Å². The van der Waals surface area contributed by atoms with E-state index in [2.05, 4.69) is 22.5 Å². The topological polar surface area (TPSA) is 80.3 Å². The molecule has 1 aromatic carbocycles. The van der Waals surface area contributed by atoms with E-state index in [1.165, 1.54) is 11.3 Å². The normalized spacial score (nSPS) is 10.6. The molecule has 0 fully saturated rings. The second kappa shape index (κ2) is 8.63. The van der Waals surface area contributed by atoms with Crippen LogP contribution in [-0.2, 0) is 0 Å². The average Bonchev–Trinajstić information content (AvgIpc) is 2.95. The molecular weight excluding hydrogens is 326 g/mol. The maximum atomic E-state index is 12.3. The van der Waals surface area contributed by atoms with Crippen LogP contribution in [0.25, 0.3) is 10.2 Å². The number of nitrogens with one attached hydrogen (secondary N) is 2. The lowest BCUT2D eigenvalue weighted by atomic mass is 10.1. The van der Waals surface area contributed by atoms with Gasteiger partial charge in [0.15, 0.2) is 10.9 Å². The maximum Gasteiger partial charge on any atom is 0.321 e. The molecule has 0 unspecified atom stereocenters. The zero-order valence-electron chi connectivity index (χ0n) is 14.3. The van der Waals surface area contributed by atoms with E-state index in [1.54, 1.807) is 6.07 Å². The predicted octanol–water partition coefficient (Wildman–Crippen LogP) is 4.21. The molecule has 0 saturated heterocycles. The molecule has 2 N–H and O–H groups in total. The van der Waals surface area contributed by atoms with Crippen molar-refractivity contribution in [1.29, 1.82) is 0 Å². The first-order valence-electron chi connectivity index (χ1n) is 8.24. The first-order valence-corrected chi connectivity index (χ1v) is 9.06. The number of Topliss-reactive ketones (excluding diaryl/α,β-unsaturated/α-hetero) is 1. The summed E-state index contributed by atoms with van der Waals surface area (Å²) in [5, 5.41) is 5.82. The molecule has 7 heteroatoms. The lowest BCUT2D eigenvalue weighted by molar-refractivity contribution is 0.0989. The minimum absolute atomic E-state index is 0.0363. The number of nitrogens with zero attached hydrogens (tertiary/aromatic N) is 1. The number of thiazole rings is 1. The quantitative estimate of drug-likeness (QED) is 0.552. The molecule has 0 saturated carbocycles. The number of hydrogen-bond donors (Lipinski definition) is 2. The van der Waals surface area contributed by atoms with Gasteiger partial charge in [0.2, 0.25) is 0 Å². The van der Waals surface area contributed by atoms with Crippen LogP contribution in [0.4, 0.5) is 9.93 Å². The number of ether oxygens (including phenoxy) is 1. The highest BCUT2D eigenvalue weighted by Crippen LogP contribution is 2.33. The Morgan fingerprint density at radius 1 is 1.25 bits per heavy atom. The molecule has 0 atom stereocenters. The standard InChI is InChI=1S/C17H23N3O3S/c1-4-7-8-23-11-9-12(14(21)5-2)15-13(10-11)19-17(24-15)20-16(22)18-6-3/h9-10H,4-8H2,1-3H3,(H2,18,19,20,22). The van der Waals surface area contributed by atoms with Gasteiger partial charge in [-0.1, -0.05) is 31.6 Å². The number of urea groups is 1. The Kier molecular flexibility index (Phi) is 6.54. The Morgan fingerprint density at radius 2 is 2.04 bits per heavy atom. The fourth-order valence-electron chi connectivity index (χ4n) is 2.18. The van der Waals surface area contributed by atoms with Crippen LogP contribution in [0.15, 0.2) is 12.1 Å². The summed E-state index contributed by atoms with van der Waals surface area (Å²) in [6.07, 6.45) is 2.40. The number of carbonyl (C=O) groups is 2. The smallest absolute Gasteiger partial charge is 0.321 e. The molecule has 2 aromatic rings. The fourth-order valence-corrected chi connectivity index (χ4v) is 3.15. The Balaban J connectivity index is 2.35. The van der Waals surface area contributed by atoms with Crippen LogP contribution in [-0.4, -0.2) is 29.9 Å². The summed E-state index contributed by atoms with van der Waals surface area (Å²) in [6, 6.07) is 3.29. The summed E-state index contributed by atoms with van der Waals surface area (Å²) in [4.78, 5) is 28.3. The summed E-state index contributed by atoms with van der Waals surface area (Å²) in [6.45, 7) is 6.91. The number of carbonyl (C=O) groups excluding carboxylic acids is 2. The molecule has 0 spiro atoms. The average molecular weight is 349 g/mol. The van der Waals surface area contributed by atoms with Crippen molar-refractivity contribution in [2.75, 3.05) is 18.5 Å². The van der Waals surface area contributed by atoms with E-state index in [4.69, 9.17) is 4.74 Å². The summed E-state index contributed by atoms with van der Waals surface area (Å²) < 4.78 is 6.51. The van der Waals surface area contributed by atoms with Gasteiger partial charge in [0.25, 0.3) is 0 Å². The van der Waals surface area contributed by atoms with Crippen LogP contribution in [0.3, 0.4) is 0 Å². The number of benzene rings is 1. The minimum Gasteiger partial charge on any atom is -0.493 e. The Labute approximate surface area is 145 Å². The molecule has 0 radical (unpaired) electrons. The maximum absolute atomic E-state index is 12.3. The van der Waals surface area contributed by atoms with Crippen molar-refractivity contribution in [3.05, 3.63) is 17.7 Å². The SMILES string of the molecule is CCCCOc1cc(C(=O)CC)c2sc(NC(=O)NCC)nc2c1. The van der Waals surface area contributed by atoms with Gasteiger partial charge in [-0.15, -0.1) is 0 Å². The number of anilines is 1. The zero-order chi connectivity index (χ0) is 17.5. The zero-order valence-corrected chi connectivity index (χ0v) is 15.1. The van der Waals surface area contributed by atoms with E-state index in [0.717, 1.165) is 17.5 Å². The number of ketones is 1. The molecule has 6 nitrogen and oxygen atoms in total. The molecular formula is C17H23N3O3S. The van der Waals surface area contributed by atoms with Crippen molar-refractivity contribution in [2.24, 2.45) is 0 Å². The molecule has 1 heterocycles. The highest BCUT2D eigenvalue weighted by Gasteiger charge is 2.16. The Morgan fingerprint density at radius 3 is 2.71 bits per heavy atom. The summed E-state index contributed by atoms with van der Waals surface area (Å²) in [5.74, 6) is 0.678. The number of hydrogen-bond acceptors (Lipinski definition) is 5. The van der Waals surface area contributed by atoms with E-state index >= 15 is 0 Å². The number of aromatic nitrogens is 1. The highest BCUT2D eigenvalue weighted by molar-refractivity contribution is 7.22. The summed E-state index contributed by atoms with van der Waals surface area (Å²) >= 11 is 1.30. The Bertz CT molecular complexity index is 727. The van der Waals surface area contributed by atoms with Crippen LogP contribution in [0.2, 0.25) is 0 Å². The van der Waals surface area contributed by atoms with Crippen molar-refractivity contribution in [3.63, 3.8) is 0 Å². The van der Waals surface area contributed by atoms with Crippen LogP contribution < -0.4 is 15.4 Å². The van der Waals surface area contributed by atoms with Crippen molar-refractivity contribution < 1.29 is 14.3 Å². The number of fused-ring (bicyclic) bond motifs is 1. The monoisotopic (exact) mass is 349 g/mol. The van der Waals surface area contributed by atoms with E-state index in [0.29, 0.717) is 41.5 Å². The van der Waals surface area contributed by atoms with E-state index in [1.807, 2.05) is 19.9 Å². The van der Waals surface area contributed by atoms with Crippen molar-refractivity contribution in [3.8, 4) is 5.75 Å². The van der Waals surface area contributed by atoms with Gasteiger partial charge in [-0.05, 0) is 19.4 Å². The van der Waals surface area contributed by atoms with E-state index in [9.17, 15) is 9.59 Å². The molecule has 2 amide bonds. The number of amides is 2. The van der Waals surface area contributed by atoms with Crippen LogP contribution in [0.1, 0.15) is 50.4 Å². The van der Waals surface area contributed by atoms with Gasteiger partial charge in [0.05, 0.1) is 16.8 Å². The predicted molar refractivity (Wildman–Crippen MR) is 97.3 cm³/mol. The van der Waals surface area contributed by atoms with Crippen LogP contribution in [0, 0.1) is 0 Å². The van der Waals surface area contributed by atoms with Crippen LogP contribution >= 0.6 is 11.3 Å². The summed E-state index contributed by atoms with van der Waals surface area (Å²) in [7, 11) is 0. The molecule has 24 heavy (non-hydrogen) atoms. The van der Waals surface area contributed by atoms with Gasteiger partial charge >= 0.3 is 6.03 Å². The van der Waals surface area contributed by atoms with Gasteiger partial charge in [-0.2, -0.15) is 0 Å². The van der Waals surface area contributed by atoms with Crippen molar-refractivity contribution in [1.82, 2.24) is 10.3 Å². The molecule has 130 valence electrons. The molecule has 0 aliphatic heterocycles. The van der Waals surface area contributed by atoms with Gasteiger partial charge < -0.3 is 10.1 Å². The second-order valence-corrected chi connectivity index (χ2v) is 6.30. The second-order valence-electron chi connectivity index (χ2n) is 5.30. The summed E-state index contributed by atoms with van der Waals surface area (Å²) in [5.41, 5.74) is 1.26. The third kappa shape index (κ3) is 4.44. The molecule has 2 rings (SSSR count). The lowest BCUT2D eigenvalue weighted by Crippen LogP contribution is -2.28. The highest BCUT2D eigenvalue weighted by atomic mass is 32.1.